The van der Waals surface area contributed by atoms with Crippen LogP contribution < -0.4 is 9.64 Å². The molecule has 0 aliphatic carbocycles. The molecule has 1 aliphatic rings. The molecule has 38 heavy (non-hydrogen) atoms. The van der Waals surface area contributed by atoms with Crippen LogP contribution in [-0.2, 0) is 15.9 Å². The van der Waals surface area contributed by atoms with Crippen LogP contribution in [0.1, 0.15) is 18.7 Å². The van der Waals surface area contributed by atoms with Crippen molar-refractivity contribution in [2.45, 2.75) is 31.2 Å². The third-order valence-electron chi connectivity index (χ3n) is 6.31. The Morgan fingerprint density at radius 1 is 1.11 bits per heavy atom. The molecule has 1 saturated heterocycles. The number of anilines is 1. The van der Waals surface area contributed by atoms with Gasteiger partial charge in [0.2, 0.25) is 5.82 Å². The van der Waals surface area contributed by atoms with Gasteiger partial charge in [-0.15, -0.1) is 0 Å². The van der Waals surface area contributed by atoms with Crippen LogP contribution in [-0.4, -0.2) is 44.6 Å². The number of para-hydroxylation sites is 1. The van der Waals surface area contributed by atoms with Gasteiger partial charge in [0, 0.05) is 9.91 Å². The molecule has 0 bridgehead atoms. The second-order valence-electron chi connectivity index (χ2n) is 8.73. The third kappa shape index (κ3) is 4.11. The number of H-pyrrole nitrogens is 1. The first-order valence-corrected chi connectivity index (χ1v) is 11.4. The Morgan fingerprint density at radius 2 is 1.92 bits per heavy atom. The summed E-state index contributed by atoms with van der Waals surface area (Å²) >= 11 is 0. The number of rotatable bonds is 4. The fourth-order valence-corrected chi connectivity index (χ4v) is 4.63. The van der Waals surface area contributed by atoms with Gasteiger partial charge in [-0.1, -0.05) is 12.1 Å². The fourth-order valence-electron chi connectivity index (χ4n) is 4.63. The number of aromatic amines is 1. The molecule has 0 unspecified atom stereocenters. The molecule has 4 heterocycles. The topological polar surface area (TPSA) is 106 Å². The number of carbonyl (C=O) groups excluding carboxylic acids is 1. The first-order chi connectivity index (χ1) is 18.2. The summed E-state index contributed by atoms with van der Waals surface area (Å²) in [4.78, 5) is 31.3. The minimum absolute atomic E-state index is 0.0367. The zero-order valence-electron chi connectivity index (χ0n) is 19.1. The number of halogens is 5. The lowest BCUT2D eigenvalue weighted by Gasteiger charge is -2.37. The highest BCUT2D eigenvalue weighted by atomic mass is 19.4. The summed E-state index contributed by atoms with van der Waals surface area (Å²) in [6, 6.07) is 8.96. The Bertz CT molecular complexity index is 1680. The molecule has 5 aromatic rings. The molecule has 1 N–H and O–H groups in total. The standard InChI is InChI=1S/C24H16F5N5O4/c25-11-5-7-14-15(9-11)31-23(30-14)36-12-6-8-16(21(35)38-29)34(10-12)20-19-18(32-22(33-20)24(26,27)28)13-3-1-2-4-17(13)37-19/h1-5,7,9,12,16H,6,8,10H2,(H,30,31)/t12-,16-/m0/s1. The molecule has 0 spiro atoms. The molecule has 1 fully saturated rings. The van der Waals surface area contributed by atoms with Gasteiger partial charge in [-0.25, -0.2) is 19.2 Å². The SMILES string of the molecule is O=C(OF)[C@@H]1CC[C@H](Oc2nc3ccc(F)cc3[nH]2)CN1c1nc(C(F)(F)F)nc2c1oc1ccccc12. The molecule has 2 aromatic carbocycles. The number of ether oxygens (including phenoxy) is 1. The maximum Gasteiger partial charge on any atom is 0.451 e. The Kier molecular flexibility index (Phi) is 5.54. The van der Waals surface area contributed by atoms with Crippen LogP contribution >= 0.6 is 0 Å². The smallest absolute Gasteiger partial charge is 0.451 e. The van der Waals surface area contributed by atoms with Gasteiger partial charge >= 0.3 is 12.1 Å². The second kappa shape index (κ2) is 8.82. The van der Waals surface area contributed by atoms with Crippen molar-refractivity contribution in [1.82, 2.24) is 19.9 Å². The van der Waals surface area contributed by atoms with Gasteiger partial charge < -0.3 is 19.0 Å². The van der Waals surface area contributed by atoms with E-state index in [-0.39, 0.29) is 47.9 Å². The number of piperidine rings is 1. The molecule has 0 amide bonds. The lowest BCUT2D eigenvalue weighted by atomic mass is 9.99. The largest absolute Gasteiger partial charge is 0.460 e. The van der Waals surface area contributed by atoms with Gasteiger partial charge in [0.05, 0.1) is 17.6 Å². The number of furan rings is 1. The average Bonchev–Trinajstić information content (AvgIpc) is 3.47. The highest BCUT2D eigenvalue weighted by Crippen LogP contribution is 2.39. The monoisotopic (exact) mass is 533 g/mol. The normalized spacial score (nSPS) is 18.4. The van der Waals surface area contributed by atoms with Crippen LogP contribution in [0.15, 0.2) is 46.9 Å². The van der Waals surface area contributed by atoms with Gasteiger partial charge in [-0.2, -0.15) is 18.2 Å². The lowest BCUT2D eigenvalue weighted by Crippen LogP contribution is -2.52. The zero-order chi connectivity index (χ0) is 26.6. The van der Waals surface area contributed by atoms with Crippen molar-refractivity contribution < 1.29 is 41.0 Å². The van der Waals surface area contributed by atoms with E-state index in [1.54, 1.807) is 18.2 Å². The third-order valence-corrected chi connectivity index (χ3v) is 6.31. The number of hydrogen-bond donors (Lipinski definition) is 1. The van der Waals surface area contributed by atoms with Gasteiger partial charge in [-0.3, -0.25) is 4.94 Å². The van der Waals surface area contributed by atoms with Crippen LogP contribution in [0.5, 0.6) is 6.01 Å². The van der Waals surface area contributed by atoms with Crippen LogP contribution in [0.25, 0.3) is 33.1 Å². The lowest BCUT2D eigenvalue weighted by molar-refractivity contribution is -0.186. The van der Waals surface area contributed by atoms with E-state index in [9.17, 15) is 26.9 Å². The molecule has 196 valence electrons. The summed E-state index contributed by atoms with van der Waals surface area (Å²) in [7, 11) is 0. The Morgan fingerprint density at radius 3 is 2.71 bits per heavy atom. The molecule has 2 atom stereocenters. The Balaban J connectivity index is 1.43. The van der Waals surface area contributed by atoms with Crippen molar-refractivity contribution in [1.29, 1.82) is 0 Å². The maximum absolute atomic E-state index is 13.8. The predicted molar refractivity (Wildman–Crippen MR) is 122 cm³/mol. The summed E-state index contributed by atoms with van der Waals surface area (Å²) in [6.45, 7) is -0.203. The molecule has 9 nitrogen and oxygen atoms in total. The summed E-state index contributed by atoms with van der Waals surface area (Å²) < 4.78 is 79.6. The highest BCUT2D eigenvalue weighted by molar-refractivity contribution is 6.06. The van der Waals surface area contributed by atoms with E-state index in [2.05, 4.69) is 24.9 Å². The number of benzene rings is 2. The predicted octanol–water partition coefficient (Wildman–Crippen LogP) is 5.25. The van der Waals surface area contributed by atoms with Gasteiger partial charge in [0.1, 0.15) is 29.1 Å². The van der Waals surface area contributed by atoms with Crippen molar-refractivity contribution in [3.05, 3.63) is 54.1 Å². The summed E-state index contributed by atoms with van der Waals surface area (Å²) in [5.74, 6) is -3.61. The molecule has 0 saturated carbocycles. The van der Waals surface area contributed by atoms with Crippen molar-refractivity contribution in [3.63, 3.8) is 0 Å². The molecule has 14 heteroatoms. The quantitative estimate of drug-likeness (QED) is 0.312. The van der Waals surface area contributed by atoms with Crippen molar-refractivity contribution >= 4 is 44.9 Å². The average molecular weight is 533 g/mol. The van der Waals surface area contributed by atoms with Crippen LogP contribution in [0.4, 0.5) is 27.9 Å². The molecule has 6 rings (SSSR count). The Hall–Kier alpha value is -4.49. The molecular weight excluding hydrogens is 517 g/mol. The molecular formula is C24H16F5N5O4. The number of nitrogens with zero attached hydrogens (tertiary/aromatic N) is 4. The van der Waals surface area contributed by atoms with Crippen LogP contribution in [0.2, 0.25) is 0 Å². The summed E-state index contributed by atoms with van der Waals surface area (Å²) in [5, 5.41) is 0.306. The van der Waals surface area contributed by atoms with E-state index >= 15 is 0 Å². The van der Waals surface area contributed by atoms with E-state index in [4.69, 9.17) is 9.15 Å². The number of nitrogens with one attached hydrogen (secondary N) is 1. The first kappa shape index (κ1) is 23.9. The van der Waals surface area contributed by atoms with E-state index < -0.39 is 35.9 Å². The van der Waals surface area contributed by atoms with Gasteiger partial charge in [0.15, 0.2) is 11.4 Å². The minimum Gasteiger partial charge on any atom is -0.460 e. The van der Waals surface area contributed by atoms with Crippen molar-refractivity contribution in [2.75, 3.05) is 11.4 Å². The number of alkyl halides is 3. The Labute approximate surface area is 209 Å². The van der Waals surface area contributed by atoms with Crippen LogP contribution in [0.3, 0.4) is 0 Å². The van der Waals surface area contributed by atoms with Crippen molar-refractivity contribution in [2.24, 2.45) is 0 Å². The number of fused-ring (bicyclic) bond motifs is 4. The summed E-state index contributed by atoms with van der Waals surface area (Å²) in [6.07, 6.45) is -5.50. The number of hydrogen-bond acceptors (Lipinski definition) is 8. The number of aromatic nitrogens is 4. The van der Waals surface area contributed by atoms with E-state index in [0.717, 1.165) is 4.90 Å². The zero-order valence-corrected chi connectivity index (χ0v) is 19.1. The van der Waals surface area contributed by atoms with E-state index in [1.165, 1.54) is 24.3 Å². The minimum atomic E-state index is -4.92. The van der Waals surface area contributed by atoms with Crippen LogP contribution in [0, 0.1) is 5.82 Å². The summed E-state index contributed by atoms with van der Waals surface area (Å²) in [5.41, 5.74) is 0.827. The van der Waals surface area contributed by atoms with Gasteiger partial charge in [-0.05, 0) is 43.2 Å². The highest BCUT2D eigenvalue weighted by Gasteiger charge is 2.42. The maximum atomic E-state index is 13.8. The van der Waals surface area contributed by atoms with Gasteiger partial charge in [0.25, 0.3) is 6.01 Å². The molecule has 0 radical (unpaired) electrons. The molecule has 3 aromatic heterocycles. The fraction of sp³-hybridized carbons (Fsp3) is 0.250. The van der Waals surface area contributed by atoms with E-state index in [0.29, 0.717) is 16.4 Å². The molecule has 1 aliphatic heterocycles. The number of imidazole rings is 1. The van der Waals surface area contributed by atoms with E-state index in [1.807, 2.05) is 0 Å². The second-order valence-corrected chi connectivity index (χ2v) is 8.73. The first-order valence-electron chi connectivity index (χ1n) is 11.4. The number of carbonyl (C=O) groups is 1. The van der Waals surface area contributed by atoms with Crippen molar-refractivity contribution in [3.8, 4) is 6.01 Å².